The molecule has 28 heavy (non-hydrogen) atoms. The van der Waals surface area contributed by atoms with Crippen molar-refractivity contribution >= 4 is 11.9 Å². The molecule has 1 aliphatic carbocycles. The molecule has 1 aromatic heterocycles. The van der Waals surface area contributed by atoms with Crippen molar-refractivity contribution < 1.29 is 4.79 Å². The van der Waals surface area contributed by atoms with Crippen LogP contribution < -0.4 is 5.32 Å². The van der Waals surface area contributed by atoms with E-state index in [2.05, 4.69) is 27.1 Å². The first-order valence-corrected chi connectivity index (χ1v) is 10.8. The highest BCUT2D eigenvalue weighted by Gasteiger charge is 2.39. The summed E-state index contributed by atoms with van der Waals surface area (Å²) in [7, 11) is 1.85. The molecule has 1 saturated carbocycles. The minimum absolute atomic E-state index is 0.0536. The summed E-state index contributed by atoms with van der Waals surface area (Å²) in [6.07, 6.45) is 10.6. The second kappa shape index (κ2) is 9.89. The molecule has 1 N–H and O–H groups in total. The Morgan fingerprint density at radius 2 is 2.11 bits per heavy atom. The van der Waals surface area contributed by atoms with E-state index in [0.29, 0.717) is 12.0 Å². The summed E-state index contributed by atoms with van der Waals surface area (Å²) in [5.74, 6) is 0.953. The molecule has 2 heterocycles. The van der Waals surface area contributed by atoms with Crippen LogP contribution in [0.4, 0.5) is 0 Å². The molecule has 2 aliphatic rings. The van der Waals surface area contributed by atoms with Gasteiger partial charge in [0.25, 0.3) is 0 Å². The highest BCUT2D eigenvalue weighted by Crippen LogP contribution is 2.43. The van der Waals surface area contributed by atoms with Gasteiger partial charge in [0.05, 0.1) is 0 Å². The molecule has 0 unspecified atom stereocenters. The molecule has 2 fully saturated rings. The largest absolute Gasteiger partial charge is 0.357 e. The number of nitrogens with zero attached hydrogens (tertiary/aromatic N) is 4. The fourth-order valence-corrected chi connectivity index (χ4v) is 4.47. The third-order valence-electron chi connectivity index (χ3n) is 6.21. The lowest BCUT2D eigenvalue weighted by Gasteiger charge is -2.33. The van der Waals surface area contributed by atoms with E-state index in [1.807, 2.05) is 25.2 Å². The lowest BCUT2D eigenvalue weighted by molar-refractivity contribution is -0.128. The molecule has 1 saturated heterocycles. The molecule has 6 nitrogen and oxygen atoms in total. The normalized spacial score (nSPS) is 19.1. The molecule has 3 rings (SSSR count). The average Bonchev–Trinajstić information content (AvgIpc) is 3.13. The first kappa shape index (κ1) is 20.6. The number of carbonyl (C=O) groups is 1. The van der Waals surface area contributed by atoms with Crippen LogP contribution in [0.15, 0.2) is 29.4 Å². The van der Waals surface area contributed by atoms with Crippen LogP contribution in [0.5, 0.6) is 0 Å². The van der Waals surface area contributed by atoms with E-state index >= 15 is 0 Å². The highest BCUT2D eigenvalue weighted by atomic mass is 16.2. The van der Waals surface area contributed by atoms with Gasteiger partial charge in [-0.3, -0.25) is 9.78 Å². The predicted molar refractivity (Wildman–Crippen MR) is 113 cm³/mol. The summed E-state index contributed by atoms with van der Waals surface area (Å²) in [4.78, 5) is 25.7. The van der Waals surface area contributed by atoms with Crippen LogP contribution in [0.25, 0.3) is 0 Å². The Labute approximate surface area is 169 Å². The fourth-order valence-electron chi connectivity index (χ4n) is 4.47. The first-order valence-electron chi connectivity index (χ1n) is 10.8. The molecule has 1 amide bonds. The van der Waals surface area contributed by atoms with Crippen LogP contribution in [0.3, 0.4) is 0 Å². The number of aliphatic imine (C=N–C) groups is 1. The minimum atomic E-state index is 0.0536. The molecular weight excluding hydrogens is 350 g/mol. The van der Waals surface area contributed by atoms with E-state index < -0.39 is 0 Å². The number of likely N-dealkylation sites (N-methyl/N-ethyl adjacent to an activating group) is 1. The number of likely N-dealkylation sites (tertiary alicyclic amines) is 1. The monoisotopic (exact) mass is 385 g/mol. The number of rotatable bonds is 6. The van der Waals surface area contributed by atoms with Gasteiger partial charge in [-0.15, -0.1) is 0 Å². The summed E-state index contributed by atoms with van der Waals surface area (Å²) < 4.78 is 0. The molecule has 1 spiro atoms. The van der Waals surface area contributed by atoms with Crippen LogP contribution >= 0.6 is 0 Å². The van der Waals surface area contributed by atoms with Crippen molar-refractivity contribution in [1.82, 2.24) is 20.1 Å². The Morgan fingerprint density at radius 1 is 1.29 bits per heavy atom. The van der Waals surface area contributed by atoms with Crippen molar-refractivity contribution in [2.45, 2.75) is 51.9 Å². The van der Waals surface area contributed by atoms with Crippen molar-refractivity contribution in [2.24, 2.45) is 10.4 Å². The molecular formula is C22H35N5O. The van der Waals surface area contributed by atoms with E-state index in [1.54, 1.807) is 11.1 Å². The maximum atomic E-state index is 12.5. The van der Waals surface area contributed by atoms with Gasteiger partial charge >= 0.3 is 0 Å². The van der Waals surface area contributed by atoms with Gasteiger partial charge in [-0.25, -0.2) is 4.99 Å². The van der Waals surface area contributed by atoms with Crippen LogP contribution in [-0.4, -0.2) is 66.4 Å². The molecule has 0 bridgehead atoms. The van der Waals surface area contributed by atoms with E-state index in [-0.39, 0.29) is 12.5 Å². The summed E-state index contributed by atoms with van der Waals surface area (Å²) in [6.45, 7) is 5.91. The average molecular weight is 386 g/mol. The zero-order valence-electron chi connectivity index (χ0n) is 17.5. The van der Waals surface area contributed by atoms with Crippen LogP contribution in [0.2, 0.25) is 0 Å². The lowest BCUT2D eigenvalue weighted by atomic mass is 9.73. The Hall–Kier alpha value is -2.11. The summed E-state index contributed by atoms with van der Waals surface area (Å²) in [6, 6.07) is 5.88. The number of guanidine groups is 1. The maximum absolute atomic E-state index is 12.5. The van der Waals surface area contributed by atoms with Gasteiger partial charge in [0.1, 0.15) is 6.54 Å². The van der Waals surface area contributed by atoms with E-state index in [1.165, 1.54) is 38.5 Å². The minimum Gasteiger partial charge on any atom is -0.357 e. The highest BCUT2D eigenvalue weighted by molar-refractivity contribution is 5.85. The molecule has 0 aromatic carbocycles. The number of pyridine rings is 1. The van der Waals surface area contributed by atoms with E-state index in [4.69, 9.17) is 0 Å². The van der Waals surface area contributed by atoms with Crippen molar-refractivity contribution in [3.05, 3.63) is 30.1 Å². The van der Waals surface area contributed by atoms with Crippen molar-refractivity contribution in [2.75, 3.05) is 39.8 Å². The smallest absolute Gasteiger partial charge is 0.244 e. The Kier molecular flexibility index (Phi) is 7.29. The van der Waals surface area contributed by atoms with Crippen LogP contribution in [0, 0.1) is 5.41 Å². The predicted octanol–water partition coefficient (Wildman–Crippen LogP) is 2.70. The third-order valence-corrected chi connectivity index (χ3v) is 6.21. The summed E-state index contributed by atoms with van der Waals surface area (Å²) >= 11 is 0. The van der Waals surface area contributed by atoms with Gasteiger partial charge in [0.2, 0.25) is 5.91 Å². The summed E-state index contributed by atoms with van der Waals surface area (Å²) in [5.41, 5.74) is 1.49. The SMILES string of the molecule is CCNC(=NCC(=O)N(C)CCc1ccccn1)N1CCC2(CCCCC2)C1. The second-order valence-corrected chi connectivity index (χ2v) is 8.29. The first-order chi connectivity index (χ1) is 13.6. The van der Waals surface area contributed by atoms with Gasteiger partial charge in [0.15, 0.2) is 5.96 Å². The maximum Gasteiger partial charge on any atom is 0.244 e. The molecule has 6 heteroatoms. The van der Waals surface area contributed by atoms with Gasteiger partial charge in [-0.2, -0.15) is 0 Å². The molecule has 154 valence electrons. The number of carbonyl (C=O) groups excluding carboxylic acids is 1. The van der Waals surface area contributed by atoms with Gasteiger partial charge in [-0.1, -0.05) is 25.3 Å². The summed E-state index contributed by atoms with van der Waals surface area (Å²) in [5, 5.41) is 3.39. The number of nitrogens with one attached hydrogen (secondary N) is 1. The van der Waals surface area contributed by atoms with Crippen molar-refractivity contribution in [3.63, 3.8) is 0 Å². The topological polar surface area (TPSA) is 60.8 Å². The Bertz CT molecular complexity index is 654. The number of hydrogen-bond acceptors (Lipinski definition) is 3. The quantitative estimate of drug-likeness (QED) is 0.604. The molecule has 1 aliphatic heterocycles. The van der Waals surface area contributed by atoms with Gasteiger partial charge in [-0.05, 0) is 43.7 Å². The van der Waals surface area contributed by atoms with Crippen LogP contribution in [-0.2, 0) is 11.2 Å². The lowest BCUT2D eigenvalue weighted by Crippen LogP contribution is -2.42. The zero-order valence-corrected chi connectivity index (χ0v) is 17.5. The van der Waals surface area contributed by atoms with Crippen LogP contribution in [0.1, 0.15) is 51.1 Å². The number of hydrogen-bond donors (Lipinski definition) is 1. The third kappa shape index (κ3) is 5.46. The molecule has 0 radical (unpaired) electrons. The fraction of sp³-hybridized carbons (Fsp3) is 0.682. The Balaban J connectivity index is 1.52. The van der Waals surface area contributed by atoms with Gasteiger partial charge < -0.3 is 15.1 Å². The second-order valence-electron chi connectivity index (χ2n) is 8.29. The number of amides is 1. The zero-order chi connectivity index (χ0) is 19.8. The molecule has 1 aromatic rings. The van der Waals surface area contributed by atoms with Gasteiger partial charge in [0, 0.05) is 51.5 Å². The molecule has 0 atom stereocenters. The van der Waals surface area contributed by atoms with E-state index in [9.17, 15) is 4.79 Å². The van der Waals surface area contributed by atoms with E-state index in [0.717, 1.165) is 37.7 Å². The van der Waals surface area contributed by atoms with Crippen molar-refractivity contribution in [3.8, 4) is 0 Å². The standard InChI is InChI=1S/C22H35N5O/c1-3-23-21(27-16-13-22(18-27)11-6-4-7-12-22)25-17-20(28)26(2)15-10-19-9-5-8-14-24-19/h5,8-9,14H,3-4,6-7,10-13,15-18H2,1-2H3,(H,23,25). The number of aromatic nitrogens is 1. The Morgan fingerprint density at radius 3 is 2.82 bits per heavy atom. The van der Waals surface area contributed by atoms with Crippen molar-refractivity contribution in [1.29, 1.82) is 0 Å².